The first-order valence-corrected chi connectivity index (χ1v) is 9.74. The van der Waals surface area contributed by atoms with Crippen LogP contribution in [0.15, 0.2) is 0 Å². The fourth-order valence-corrected chi connectivity index (χ4v) is 2.97. The van der Waals surface area contributed by atoms with E-state index in [4.69, 9.17) is 4.74 Å². The van der Waals surface area contributed by atoms with Crippen molar-refractivity contribution in [3.63, 3.8) is 0 Å². The molecule has 0 spiro atoms. The molecule has 127 valence electrons. The Hall–Kier alpha value is -0.0400. The number of hydrogen-bond donors (Lipinski definition) is 0. The summed E-state index contributed by atoms with van der Waals surface area (Å²) in [6.45, 7) is 9.37. The Balaban J connectivity index is 3.56. The molecule has 1 heteroatoms. The van der Waals surface area contributed by atoms with Gasteiger partial charge >= 0.3 is 0 Å². The zero-order chi connectivity index (χ0) is 15.6. The Kier molecular flexibility index (Phi) is 18.0. The molecule has 0 N–H and O–H groups in total. The van der Waals surface area contributed by atoms with Gasteiger partial charge < -0.3 is 4.74 Å². The highest BCUT2D eigenvalue weighted by molar-refractivity contribution is 4.61. The Morgan fingerprint density at radius 2 is 1.10 bits per heavy atom. The van der Waals surface area contributed by atoms with Crippen LogP contribution in [-0.4, -0.2) is 6.61 Å². The van der Waals surface area contributed by atoms with Gasteiger partial charge in [0.25, 0.3) is 0 Å². The van der Waals surface area contributed by atoms with Gasteiger partial charge in [0.15, 0.2) is 0 Å². The van der Waals surface area contributed by atoms with E-state index in [2.05, 4.69) is 13.8 Å². The number of hydrogen-bond acceptors (Lipinski definition) is 1. The molecule has 0 aliphatic carbocycles. The molecule has 0 saturated heterocycles. The molecule has 0 aromatic rings. The minimum Gasteiger partial charge on any atom is -0.376 e. The van der Waals surface area contributed by atoms with Gasteiger partial charge in [-0.15, -0.1) is 0 Å². The van der Waals surface area contributed by atoms with Gasteiger partial charge in [0.1, 0.15) is 0 Å². The van der Waals surface area contributed by atoms with E-state index in [-0.39, 0.29) is 0 Å². The van der Waals surface area contributed by atoms with E-state index in [1.54, 1.807) is 0 Å². The van der Waals surface area contributed by atoms with Gasteiger partial charge in [-0.05, 0) is 25.7 Å². The van der Waals surface area contributed by atoms with Gasteiger partial charge in [-0.3, -0.25) is 0 Å². The summed E-state index contributed by atoms with van der Waals surface area (Å²) in [4.78, 5) is 0. The van der Waals surface area contributed by atoms with Crippen LogP contribution in [0.2, 0.25) is 0 Å². The molecule has 0 unspecified atom stereocenters. The summed E-state index contributed by atoms with van der Waals surface area (Å²) in [6.07, 6.45) is 19.6. The monoisotopic (exact) mass is 297 g/mol. The van der Waals surface area contributed by atoms with E-state index in [0.29, 0.717) is 0 Å². The van der Waals surface area contributed by atoms with Gasteiger partial charge in [-0.1, -0.05) is 90.9 Å². The van der Waals surface area contributed by atoms with Crippen LogP contribution in [-0.2, 0) is 4.74 Å². The summed E-state index contributed by atoms with van der Waals surface area (Å²) in [5, 5.41) is 0. The lowest BCUT2D eigenvalue weighted by atomic mass is 9.95. The van der Waals surface area contributed by atoms with Crippen LogP contribution < -0.4 is 0 Å². The summed E-state index contributed by atoms with van der Waals surface area (Å²) in [5.41, 5.74) is 0. The van der Waals surface area contributed by atoms with Crippen molar-refractivity contribution in [3.05, 3.63) is 6.61 Å². The van der Waals surface area contributed by atoms with E-state index in [0.717, 1.165) is 12.5 Å². The molecule has 0 aliphatic heterocycles. The largest absolute Gasteiger partial charge is 0.376 e. The highest BCUT2D eigenvalue weighted by Gasteiger charge is 2.08. The minimum absolute atomic E-state index is 0.790. The van der Waals surface area contributed by atoms with E-state index in [1.807, 2.05) is 13.5 Å². The molecule has 1 radical (unpaired) electrons. The van der Waals surface area contributed by atoms with Crippen molar-refractivity contribution in [2.45, 2.75) is 111 Å². The van der Waals surface area contributed by atoms with E-state index in [9.17, 15) is 0 Å². The molecule has 0 aromatic carbocycles. The van der Waals surface area contributed by atoms with Crippen molar-refractivity contribution in [2.24, 2.45) is 5.92 Å². The molecular weight excluding hydrogens is 256 g/mol. The second-order valence-corrected chi connectivity index (χ2v) is 6.55. The Morgan fingerprint density at radius 3 is 1.52 bits per heavy atom. The normalized spacial score (nSPS) is 11.4. The van der Waals surface area contributed by atoms with Crippen molar-refractivity contribution < 1.29 is 4.74 Å². The summed E-state index contributed by atoms with van der Waals surface area (Å²) in [5.74, 6) is 0.790. The quantitative estimate of drug-likeness (QED) is 0.256. The van der Waals surface area contributed by atoms with Crippen LogP contribution in [0.4, 0.5) is 0 Å². The molecule has 0 aliphatic rings. The molecule has 0 bridgehead atoms. The predicted octanol–water partition coefficient (Wildman–Crippen LogP) is 7.30. The van der Waals surface area contributed by atoms with Crippen molar-refractivity contribution in [2.75, 3.05) is 6.61 Å². The van der Waals surface area contributed by atoms with Crippen molar-refractivity contribution in [1.29, 1.82) is 0 Å². The molecule has 1 nitrogen and oxygen atoms in total. The van der Waals surface area contributed by atoms with Crippen molar-refractivity contribution >= 4 is 0 Å². The lowest BCUT2D eigenvalue weighted by Crippen LogP contribution is -2.08. The first-order valence-electron chi connectivity index (χ1n) is 9.74. The van der Waals surface area contributed by atoms with Crippen LogP contribution >= 0.6 is 0 Å². The van der Waals surface area contributed by atoms with Gasteiger partial charge in [0.05, 0.1) is 6.61 Å². The standard InChI is InChI=1S/C20H41O/c1-4-7-9-11-13-15-17-20(19-21-6-3)18-16-14-12-10-8-5-2/h6,20H,4-5,7-19H2,1-3H3. The summed E-state index contributed by atoms with van der Waals surface area (Å²) in [6, 6.07) is 0. The third-order valence-electron chi connectivity index (χ3n) is 4.43. The van der Waals surface area contributed by atoms with E-state index in [1.165, 1.54) is 89.9 Å². The van der Waals surface area contributed by atoms with Gasteiger partial charge in [0, 0.05) is 6.61 Å². The van der Waals surface area contributed by atoms with Crippen molar-refractivity contribution in [3.8, 4) is 0 Å². The number of rotatable bonds is 17. The fraction of sp³-hybridized carbons (Fsp3) is 0.950. The van der Waals surface area contributed by atoms with Crippen LogP contribution in [0.1, 0.15) is 111 Å². The van der Waals surface area contributed by atoms with E-state index < -0.39 is 0 Å². The second kappa shape index (κ2) is 18.0. The molecule has 0 fully saturated rings. The first kappa shape index (κ1) is 21.0. The topological polar surface area (TPSA) is 9.23 Å². The van der Waals surface area contributed by atoms with Crippen LogP contribution in [0, 0.1) is 12.5 Å². The predicted molar refractivity (Wildman–Crippen MR) is 95.4 cm³/mol. The van der Waals surface area contributed by atoms with Crippen LogP contribution in [0.25, 0.3) is 0 Å². The van der Waals surface area contributed by atoms with Crippen molar-refractivity contribution in [1.82, 2.24) is 0 Å². The number of unbranched alkanes of at least 4 members (excludes halogenated alkanes) is 10. The highest BCUT2D eigenvalue weighted by Crippen LogP contribution is 2.19. The number of ether oxygens (including phenoxy) is 1. The second-order valence-electron chi connectivity index (χ2n) is 6.55. The van der Waals surface area contributed by atoms with Crippen LogP contribution in [0.3, 0.4) is 0 Å². The summed E-state index contributed by atoms with van der Waals surface area (Å²) < 4.78 is 5.56. The first-order chi connectivity index (χ1) is 10.3. The Labute approximate surface area is 135 Å². The SMILES string of the molecule is C[CH]OCC(CCCCCCCC)CCCCCCCC. The zero-order valence-corrected chi connectivity index (χ0v) is 15.2. The highest BCUT2D eigenvalue weighted by atomic mass is 16.5. The van der Waals surface area contributed by atoms with E-state index >= 15 is 0 Å². The molecule has 0 saturated carbocycles. The summed E-state index contributed by atoms with van der Waals surface area (Å²) in [7, 11) is 0. The molecule has 0 aromatic heterocycles. The lowest BCUT2D eigenvalue weighted by Gasteiger charge is -2.16. The fourth-order valence-electron chi connectivity index (χ4n) is 2.97. The molecule has 21 heavy (non-hydrogen) atoms. The third-order valence-corrected chi connectivity index (χ3v) is 4.43. The Morgan fingerprint density at radius 1 is 0.667 bits per heavy atom. The zero-order valence-electron chi connectivity index (χ0n) is 15.2. The van der Waals surface area contributed by atoms with Gasteiger partial charge in [-0.2, -0.15) is 0 Å². The maximum atomic E-state index is 5.56. The molecule has 0 atom stereocenters. The smallest absolute Gasteiger partial charge is 0.0806 e. The Bertz CT molecular complexity index is 163. The summed E-state index contributed by atoms with van der Waals surface area (Å²) >= 11 is 0. The maximum absolute atomic E-state index is 5.56. The molecule has 0 amide bonds. The van der Waals surface area contributed by atoms with Gasteiger partial charge in [0.2, 0.25) is 0 Å². The average Bonchev–Trinajstić information content (AvgIpc) is 2.50. The molecular formula is C20H41O. The molecule has 0 heterocycles. The maximum Gasteiger partial charge on any atom is 0.0806 e. The average molecular weight is 298 g/mol. The third kappa shape index (κ3) is 16.2. The molecule has 0 rings (SSSR count). The van der Waals surface area contributed by atoms with Gasteiger partial charge in [-0.25, -0.2) is 0 Å². The van der Waals surface area contributed by atoms with Crippen LogP contribution in [0.5, 0.6) is 0 Å². The minimum atomic E-state index is 0.790. The lowest BCUT2D eigenvalue weighted by molar-refractivity contribution is 0.145.